The Morgan fingerprint density at radius 3 is 2.67 bits per heavy atom. The van der Waals surface area contributed by atoms with Crippen molar-refractivity contribution in [3.8, 4) is 0 Å². The maximum Gasteiger partial charge on any atom is 0.0706 e. The fourth-order valence-electron chi connectivity index (χ4n) is 2.29. The number of hydrogen-bond acceptors (Lipinski definition) is 3. The normalized spacial score (nSPS) is 10.6. The molecule has 0 spiro atoms. The van der Waals surface area contributed by atoms with Crippen LogP contribution in [0.25, 0.3) is 10.9 Å². The lowest BCUT2D eigenvalue weighted by molar-refractivity contribution is 1.06. The van der Waals surface area contributed by atoms with Gasteiger partial charge >= 0.3 is 0 Å². The van der Waals surface area contributed by atoms with Gasteiger partial charge in [-0.15, -0.1) is 0 Å². The zero-order valence-corrected chi connectivity index (χ0v) is 12.4. The first-order valence-corrected chi connectivity index (χ1v) is 7.08. The van der Waals surface area contributed by atoms with E-state index in [0.717, 1.165) is 23.4 Å². The van der Waals surface area contributed by atoms with Gasteiger partial charge in [-0.3, -0.25) is 4.98 Å². The molecule has 0 amide bonds. The first-order valence-electron chi connectivity index (χ1n) is 7.08. The highest BCUT2D eigenvalue weighted by molar-refractivity contribution is 5.78. The second-order valence-corrected chi connectivity index (χ2v) is 5.29. The minimum Gasteiger partial charge on any atom is -0.379 e. The Morgan fingerprint density at radius 2 is 1.81 bits per heavy atom. The van der Waals surface area contributed by atoms with Crippen molar-refractivity contribution in [1.82, 2.24) is 4.98 Å². The molecule has 0 aliphatic rings. The van der Waals surface area contributed by atoms with Gasteiger partial charge in [0.2, 0.25) is 0 Å². The molecule has 3 aromatic rings. The lowest BCUT2D eigenvalue weighted by atomic mass is 10.2. The van der Waals surface area contributed by atoms with Crippen LogP contribution in [0.15, 0.2) is 60.7 Å². The largest absolute Gasteiger partial charge is 0.379 e. The van der Waals surface area contributed by atoms with E-state index in [1.165, 1.54) is 11.1 Å². The average Bonchev–Trinajstić information content (AvgIpc) is 2.53. The molecule has 3 rings (SSSR count). The van der Waals surface area contributed by atoms with Gasteiger partial charge in [0.15, 0.2) is 0 Å². The Morgan fingerprint density at radius 1 is 0.952 bits per heavy atom. The lowest BCUT2D eigenvalue weighted by Gasteiger charge is -2.14. The molecule has 0 saturated heterocycles. The van der Waals surface area contributed by atoms with E-state index in [4.69, 9.17) is 0 Å². The van der Waals surface area contributed by atoms with Crippen LogP contribution in [0.5, 0.6) is 0 Å². The SMILES string of the molecule is CN(C)c1cccc(NCc2ccc3ccccc3n2)c1. The predicted molar refractivity (Wildman–Crippen MR) is 89.8 cm³/mol. The quantitative estimate of drug-likeness (QED) is 0.783. The zero-order valence-electron chi connectivity index (χ0n) is 12.4. The van der Waals surface area contributed by atoms with Crippen molar-refractivity contribution >= 4 is 22.3 Å². The Bertz CT molecular complexity index is 750. The molecule has 0 bridgehead atoms. The van der Waals surface area contributed by atoms with E-state index in [1.807, 2.05) is 32.3 Å². The molecule has 0 unspecified atom stereocenters. The molecular formula is C18H19N3. The molecule has 21 heavy (non-hydrogen) atoms. The van der Waals surface area contributed by atoms with E-state index in [9.17, 15) is 0 Å². The van der Waals surface area contributed by atoms with Gasteiger partial charge in [0.05, 0.1) is 17.8 Å². The van der Waals surface area contributed by atoms with Crippen LogP contribution in [0.1, 0.15) is 5.69 Å². The van der Waals surface area contributed by atoms with E-state index >= 15 is 0 Å². The van der Waals surface area contributed by atoms with E-state index in [-0.39, 0.29) is 0 Å². The fraction of sp³-hybridized carbons (Fsp3) is 0.167. The summed E-state index contributed by atoms with van der Waals surface area (Å²) in [5, 5.41) is 4.61. The molecule has 2 aromatic carbocycles. The number of para-hydroxylation sites is 1. The first kappa shape index (κ1) is 13.4. The molecule has 0 fully saturated rings. The van der Waals surface area contributed by atoms with Crippen molar-refractivity contribution in [3.63, 3.8) is 0 Å². The summed E-state index contributed by atoms with van der Waals surface area (Å²) >= 11 is 0. The van der Waals surface area contributed by atoms with E-state index < -0.39 is 0 Å². The monoisotopic (exact) mass is 277 g/mol. The van der Waals surface area contributed by atoms with Crippen LogP contribution >= 0.6 is 0 Å². The van der Waals surface area contributed by atoms with Gasteiger partial charge in [0.1, 0.15) is 0 Å². The van der Waals surface area contributed by atoms with Crippen LogP contribution in [-0.2, 0) is 6.54 Å². The summed E-state index contributed by atoms with van der Waals surface area (Å²) in [6.07, 6.45) is 0. The highest BCUT2D eigenvalue weighted by atomic mass is 15.1. The fourth-order valence-corrected chi connectivity index (χ4v) is 2.29. The number of benzene rings is 2. The van der Waals surface area contributed by atoms with Gasteiger partial charge < -0.3 is 10.2 Å². The van der Waals surface area contributed by atoms with Gasteiger partial charge in [-0.25, -0.2) is 0 Å². The third-order valence-electron chi connectivity index (χ3n) is 3.49. The van der Waals surface area contributed by atoms with Gasteiger partial charge in [-0.1, -0.05) is 30.3 Å². The molecule has 1 N–H and O–H groups in total. The number of anilines is 2. The number of rotatable bonds is 4. The molecule has 106 valence electrons. The second kappa shape index (κ2) is 5.83. The number of nitrogens with one attached hydrogen (secondary N) is 1. The highest BCUT2D eigenvalue weighted by Gasteiger charge is 2.00. The lowest BCUT2D eigenvalue weighted by Crippen LogP contribution is -2.09. The van der Waals surface area contributed by atoms with Gasteiger partial charge in [-0.2, -0.15) is 0 Å². The summed E-state index contributed by atoms with van der Waals surface area (Å²) < 4.78 is 0. The molecule has 0 aliphatic heterocycles. The van der Waals surface area contributed by atoms with E-state index in [0.29, 0.717) is 0 Å². The maximum absolute atomic E-state index is 4.67. The number of fused-ring (bicyclic) bond motifs is 1. The Kier molecular flexibility index (Phi) is 3.73. The first-order chi connectivity index (χ1) is 10.2. The standard InChI is InChI=1S/C18H19N3/c1-21(2)17-8-5-7-15(12-17)19-13-16-11-10-14-6-3-4-9-18(14)20-16/h3-12,19H,13H2,1-2H3. The third kappa shape index (κ3) is 3.14. The number of nitrogens with zero attached hydrogens (tertiary/aromatic N) is 2. The van der Waals surface area contributed by atoms with Crippen LogP contribution in [0, 0.1) is 0 Å². The maximum atomic E-state index is 4.67. The molecule has 1 heterocycles. The topological polar surface area (TPSA) is 28.2 Å². The van der Waals surface area contributed by atoms with Gasteiger partial charge in [-0.05, 0) is 30.3 Å². The summed E-state index contributed by atoms with van der Waals surface area (Å²) in [5.41, 5.74) is 4.38. The molecule has 1 aromatic heterocycles. The van der Waals surface area contributed by atoms with Crippen LogP contribution in [-0.4, -0.2) is 19.1 Å². The van der Waals surface area contributed by atoms with Crippen LogP contribution in [0.2, 0.25) is 0 Å². The Labute approximate surface area is 125 Å². The van der Waals surface area contributed by atoms with Crippen LogP contribution in [0.4, 0.5) is 11.4 Å². The number of hydrogen-bond donors (Lipinski definition) is 1. The van der Waals surface area contributed by atoms with Crippen LogP contribution in [0.3, 0.4) is 0 Å². The summed E-state index contributed by atoms with van der Waals surface area (Å²) in [5.74, 6) is 0. The number of pyridine rings is 1. The Hall–Kier alpha value is -2.55. The minimum atomic E-state index is 0.724. The molecular weight excluding hydrogens is 258 g/mol. The molecule has 0 atom stereocenters. The third-order valence-corrected chi connectivity index (χ3v) is 3.49. The van der Waals surface area contributed by atoms with E-state index in [1.54, 1.807) is 0 Å². The van der Waals surface area contributed by atoms with Crippen molar-refractivity contribution in [1.29, 1.82) is 0 Å². The molecule has 3 nitrogen and oxygen atoms in total. The van der Waals surface area contributed by atoms with E-state index in [2.05, 4.69) is 57.7 Å². The minimum absolute atomic E-state index is 0.724. The second-order valence-electron chi connectivity index (χ2n) is 5.29. The predicted octanol–water partition coefficient (Wildman–Crippen LogP) is 3.91. The Balaban J connectivity index is 1.75. The number of aromatic nitrogens is 1. The molecule has 0 saturated carbocycles. The zero-order chi connectivity index (χ0) is 14.7. The molecule has 0 aliphatic carbocycles. The highest BCUT2D eigenvalue weighted by Crippen LogP contribution is 2.18. The molecule has 0 radical (unpaired) electrons. The van der Waals surface area contributed by atoms with Crippen molar-refractivity contribution in [2.75, 3.05) is 24.3 Å². The van der Waals surface area contributed by atoms with Crippen molar-refractivity contribution in [2.24, 2.45) is 0 Å². The summed E-state index contributed by atoms with van der Waals surface area (Å²) in [6.45, 7) is 0.724. The average molecular weight is 277 g/mol. The van der Waals surface area contributed by atoms with Crippen molar-refractivity contribution < 1.29 is 0 Å². The van der Waals surface area contributed by atoms with Crippen LogP contribution < -0.4 is 10.2 Å². The summed E-state index contributed by atoms with van der Waals surface area (Å²) in [6, 6.07) is 20.8. The van der Waals surface area contributed by atoms with Crippen molar-refractivity contribution in [3.05, 3.63) is 66.4 Å². The van der Waals surface area contributed by atoms with Gasteiger partial charge in [0, 0.05) is 30.9 Å². The van der Waals surface area contributed by atoms with Gasteiger partial charge in [0.25, 0.3) is 0 Å². The molecule has 3 heteroatoms. The smallest absolute Gasteiger partial charge is 0.0706 e. The van der Waals surface area contributed by atoms with Crippen molar-refractivity contribution in [2.45, 2.75) is 6.54 Å². The summed E-state index contributed by atoms with van der Waals surface area (Å²) in [7, 11) is 4.09. The summed E-state index contributed by atoms with van der Waals surface area (Å²) in [4.78, 5) is 6.77.